The molecule has 4 N–H and O–H groups in total. The number of hydrogen-bond donors (Lipinski definition) is 4. The van der Waals surface area contributed by atoms with Gasteiger partial charge in [-0.1, -0.05) is 19.9 Å². The minimum atomic E-state index is -2.39. The van der Waals surface area contributed by atoms with Crippen molar-refractivity contribution in [2.45, 2.75) is 90.0 Å². The van der Waals surface area contributed by atoms with Crippen LogP contribution in [0.25, 0.3) is 0 Å². The third kappa shape index (κ3) is 3.54. The molecule has 0 aromatic heterocycles. The highest BCUT2D eigenvalue weighted by Gasteiger charge is 2.77. The smallest absolute Gasteiger partial charge is 0.309 e. The van der Waals surface area contributed by atoms with Crippen LogP contribution in [-0.4, -0.2) is 67.6 Å². The van der Waals surface area contributed by atoms with E-state index in [4.69, 9.17) is 0 Å². The van der Waals surface area contributed by atoms with E-state index in [2.05, 4.69) is 15.9 Å². The molecule has 0 saturated heterocycles. The van der Waals surface area contributed by atoms with Crippen LogP contribution in [0.3, 0.4) is 0 Å². The van der Waals surface area contributed by atoms with Gasteiger partial charge in [0, 0.05) is 16.7 Å². The average molecular weight is 589 g/mol. The van der Waals surface area contributed by atoms with Gasteiger partial charge in [0.15, 0.2) is 17.2 Å². The normalized spacial score (nSPS) is 46.2. The number of carbonyl (C=O) groups is 3. The Balaban J connectivity index is 1.78. The molecule has 3 fully saturated rings. The molecule has 4 rings (SSSR count). The minimum absolute atomic E-state index is 0.0363. The molecule has 37 heavy (non-hydrogen) atoms. The molecule has 10 atom stereocenters. The summed E-state index contributed by atoms with van der Waals surface area (Å²) >= 11 is 3.14. The van der Waals surface area contributed by atoms with Crippen molar-refractivity contribution < 1.29 is 43.6 Å². The molecule has 0 heterocycles. The fourth-order valence-corrected chi connectivity index (χ4v) is 8.61. The second-order valence-electron chi connectivity index (χ2n) is 12.7. The van der Waals surface area contributed by atoms with Crippen molar-refractivity contribution in [3.8, 4) is 0 Å². The molecule has 0 aromatic rings. The third-order valence-electron chi connectivity index (χ3n) is 10.2. The Labute approximate surface area is 223 Å². The molecule has 0 amide bonds. The minimum Gasteiger partial charge on any atom is -0.481 e. The summed E-state index contributed by atoms with van der Waals surface area (Å²) in [7, 11) is 0. The van der Waals surface area contributed by atoms with E-state index in [-0.39, 0.29) is 29.3 Å². The van der Waals surface area contributed by atoms with Gasteiger partial charge < -0.3 is 20.4 Å². The molecule has 0 aliphatic heterocycles. The SMILES string of the molecule is C[C@H]1C[C@H]2[C@@H]3C[C@@H](F)C4=CC(=O)C(Br)=C[C@]4(C)[C@@]3(F)[C@@H](O)C[C@]2(C)[C@@]1(O)C(=O)C(O)CC(C)(C)C(=O)O. The van der Waals surface area contributed by atoms with Crippen molar-refractivity contribution in [2.75, 3.05) is 0 Å². The first-order valence-corrected chi connectivity index (χ1v) is 13.4. The molecule has 7 nitrogen and oxygen atoms in total. The summed E-state index contributed by atoms with van der Waals surface area (Å²) in [5.74, 6) is -5.27. The Morgan fingerprint density at radius 1 is 1.24 bits per heavy atom. The summed E-state index contributed by atoms with van der Waals surface area (Å²) in [6.07, 6.45) is -3.76. The Morgan fingerprint density at radius 2 is 1.84 bits per heavy atom. The van der Waals surface area contributed by atoms with Crippen molar-refractivity contribution in [3.05, 3.63) is 22.2 Å². The summed E-state index contributed by atoms with van der Waals surface area (Å²) in [5, 5.41) is 43.6. The molecule has 4 aliphatic carbocycles. The number of hydrogen-bond acceptors (Lipinski definition) is 6. The van der Waals surface area contributed by atoms with E-state index >= 15 is 8.78 Å². The molecule has 0 spiro atoms. The zero-order valence-electron chi connectivity index (χ0n) is 21.6. The summed E-state index contributed by atoms with van der Waals surface area (Å²) in [6, 6.07) is 0. The third-order valence-corrected chi connectivity index (χ3v) is 10.8. The van der Waals surface area contributed by atoms with Gasteiger partial charge in [-0.15, -0.1) is 0 Å². The molecular weight excluding hydrogens is 554 g/mol. The van der Waals surface area contributed by atoms with E-state index in [0.29, 0.717) is 0 Å². The number of carboxylic acids is 1. The topological polar surface area (TPSA) is 132 Å². The monoisotopic (exact) mass is 588 g/mol. The number of ketones is 2. The number of Topliss-reactive ketones (excluding diaryl/α,β-unsaturated/α-hetero) is 1. The predicted molar refractivity (Wildman–Crippen MR) is 133 cm³/mol. The number of allylic oxidation sites excluding steroid dienone is 4. The zero-order valence-corrected chi connectivity index (χ0v) is 23.2. The van der Waals surface area contributed by atoms with E-state index in [1.807, 2.05) is 0 Å². The maximum atomic E-state index is 17.3. The Kier molecular flexibility index (Phi) is 6.55. The zero-order chi connectivity index (χ0) is 28.1. The van der Waals surface area contributed by atoms with Crippen LogP contribution in [0.1, 0.15) is 60.3 Å². The highest BCUT2D eigenvalue weighted by molar-refractivity contribution is 9.12. The average Bonchev–Trinajstić information content (AvgIpc) is 2.98. The van der Waals surface area contributed by atoms with Crippen LogP contribution in [0.5, 0.6) is 0 Å². The lowest BCUT2D eigenvalue weighted by molar-refractivity contribution is -0.225. The van der Waals surface area contributed by atoms with Crippen molar-refractivity contribution >= 4 is 33.5 Å². The van der Waals surface area contributed by atoms with Crippen molar-refractivity contribution in [3.63, 3.8) is 0 Å². The number of carbonyl (C=O) groups excluding carboxylic acids is 2. The molecular formula is C27H35BrF2O7. The molecule has 0 bridgehead atoms. The van der Waals surface area contributed by atoms with Crippen LogP contribution >= 0.6 is 15.9 Å². The van der Waals surface area contributed by atoms with Gasteiger partial charge >= 0.3 is 5.97 Å². The number of aliphatic carboxylic acids is 1. The van der Waals surface area contributed by atoms with E-state index in [9.17, 15) is 34.8 Å². The second-order valence-corrected chi connectivity index (χ2v) is 13.5. The molecule has 4 aliphatic rings. The fourth-order valence-electron chi connectivity index (χ4n) is 8.04. The lowest BCUT2D eigenvalue weighted by atomic mass is 9.44. The van der Waals surface area contributed by atoms with Crippen LogP contribution in [0.4, 0.5) is 8.78 Å². The molecule has 10 heteroatoms. The summed E-state index contributed by atoms with van der Waals surface area (Å²) in [6.45, 7) is 7.34. The number of alkyl halides is 2. The Morgan fingerprint density at radius 3 is 2.41 bits per heavy atom. The van der Waals surface area contributed by atoms with Crippen LogP contribution in [-0.2, 0) is 14.4 Å². The molecule has 1 unspecified atom stereocenters. The summed E-state index contributed by atoms with van der Waals surface area (Å²) in [4.78, 5) is 37.4. The second kappa shape index (κ2) is 8.50. The van der Waals surface area contributed by atoms with Gasteiger partial charge in [0.1, 0.15) is 17.9 Å². The van der Waals surface area contributed by atoms with E-state index in [1.165, 1.54) is 26.8 Å². The van der Waals surface area contributed by atoms with Gasteiger partial charge in [-0.25, -0.2) is 8.78 Å². The Hall–Kier alpha value is -1.49. The van der Waals surface area contributed by atoms with E-state index < -0.39 is 87.6 Å². The quantitative estimate of drug-likeness (QED) is 0.387. The first kappa shape index (κ1) is 28.5. The lowest BCUT2D eigenvalue weighted by Crippen LogP contribution is -2.71. The highest BCUT2D eigenvalue weighted by atomic mass is 79.9. The number of rotatable bonds is 5. The van der Waals surface area contributed by atoms with Crippen molar-refractivity contribution in [2.24, 2.45) is 34.0 Å². The predicted octanol–water partition coefficient (Wildman–Crippen LogP) is 3.44. The number of carboxylic acid groups (broad SMARTS) is 1. The van der Waals surface area contributed by atoms with Gasteiger partial charge in [0.25, 0.3) is 0 Å². The van der Waals surface area contributed by atoms with Gasteiger partial charge in [-0.2, -0.15) is 0 Å². The molecule has 0 aromatic carbocycles. The maximum absolute atomic E-state index is 17.3. The fraction of sp³-hybridized carbons (Fsp3) is 0.741. The Bertz CT molecular complexity index is 1120. The largest absolute Gasteiger partial charge is 0.481 e. The molecule has 206 valence electrons. The van der Waals surface area contributed by atoms with Gasteiger partial charge in [0.2, 0.25) is 0 Å². The number of aliphatic hydroxyl groups excluding tert-OH is 2. The van der Waals surface area contributed by atoms with Gasteiger partial charge in [0.05, 0.1) is 16.0 Å². The highest BCUT2D eigenvalue weighted by Crippen LogP contribution is 2.71. The lowest BCUT2D eigenvalue weighted by Gasteiger charge is -2.63. The van der Waals surface area contributed by atoms with Crippen LogP contribution in [0, 0.1) is 34.0 Å². The van der Waals surface area contributed by atoms with E-state index in [0.717, 1.165) is 6.08 Å². The number of fused-ring (bicyclic) bond motifs is 5. The van der Waals surface area contributed by atoms with Gasteiger partial charge in [-0.05, 0) is 85.9 Å². The van der Waals surface area contributed by atoms with Crippen LogP contribution in [0.15, 0.2) is 22.2 Å². The van der Waals surface area contributed by atoms with Crippen molar-refractivity contribution in [1.29, 1.82) is 0 Å². The van der Waals surface area contributed by atoms with E-state index in [1.54, 1.807) is 13.8 Å². The van der Waals surface area contributed by atoms with Crippen LogP contribution in [0.2, 0.25) is 0 Å². The van der Waals surface area contributed by atoms with Crippen molar-refractivity contribution in [1.82, 2.24) is 0 Å². The van der Waals surface area contributed by atoms with Gasteiger partial charge in [-0.3, -0.25) is 14.4 Å². The molecule has 0 radical (unpaired) electrons. The first-order valence-electron chi connectivity index (χ1n) is 12.6. The summed E-state index contributed by atoms with van der Waals surface area (Å²) in [5.41, 5.74) is -9.12. The molecule has 3 saturated carbocycles. The summed E-state index contributed by atoms with van der Waals surface area (Å²) < 4.78 is 33.0. The maximum Gasteiger partial charge on any atom is 0.309 e. The first-order chi connectivity index (χ1) is 16.8. The standard InChI is InChI=1S/C27H35BrF2O7/c1-12-6-13-14-7-17(29)15-8-18(31)16(28)9-24(15,4)26(14,30)20(33)11-25(13,5)27(12,37)21(34)19(32)10-23(2,3)22(35)36/h8-9,12-14,17,19-20,32-33,37H,6-7,10-11H2,1-5H3,(H,35,36)/t12-,13-,14-,17+,19?,20-,24-,25-,26-,27-/m0/s1. The van der Waals surface area contributed by atoms with Crippen LogP contribution < -0.4 is 0 Å². The number of halogens is 3. The number of aliphatic hydroxyl groups is 3.